The van der Waals surface area contributed by atoms with E-state index in [4.69, 9.17) is 12.2 Å². The fraction of sp³-hybridized carbons (Fsp3) is 0.176. The number of ketones is 1. The van der Waals surface area contributed by atoms with Crippen molar-refractivity contribution in [3.8, 4) is 0 Å². The van der Waals surface area contributed by atoms with E-state index in [1.54, 1.807) is 12.1 Å². The third-order valence-corrected chi connectivity index (χ3v) is 4.98. The highest BCUT2D eigenvalue weighted by atomic mass is 32.1. The van der Waals surface area contributed by atoms with Crippen LogP contribution in [0.3, 0.4) is 0 Å². The monoisotopic (exact) mass is 358 g/mol. The maximum Gasteiger partial charge on any atom is 0.239 e. The van der Waals surface area contributed by atoms with Crippen molar-refractivity contribution in [2.45, 2.75) is 12.3 Å². The second-order valence-corrected chi connectivity index (χ2v) is 6.76. The van der Waals surface area contributed by atoms with Crippen molar-refractivity contribution in [1.82, 2.24) is 10.6 Å². The summed E-state index contributed by atoms with van der Waals surface area (Å²) in [6.45, 7) is 0. The van der Waals surface area contributed by atoms with Gasteiger partial charge in [-0.1, -0.05) is 36.4 Å². The summed E-state index contributed by atoms with van der Waals surface area (Å²) in [5.74, 6) is -2.59. The predicted molar refractivity (Wildman–Crippen MR) is 94.8 cm³/mol. The summed E-state index contributed by atoms with van der Waals surface area (Å²) < 4.78 is 0. The Morgan fingerprint density at radius 1 is 1.08 bits per heavy atom. The summed E-state index contributed by atoms with van der Waals surface area (Å²) in [6, 6.07) is 12.7. The topological polar surface area (TPSA) is 75.3 Å². The van der Waals surface area contributed by atoms with Gasteiger partial charge in [0.1, 0.15) is 5.92 Å². The summed E-state index contributed by atoms with van der Waals surface area (Å²) in [5, 5.41) is 6.76. The van der Waals surface area contributed by atoms with E-state index in [9.17, 15) is 14.4 Å². The Labute approximate surface area is 148 Å². The molecular weight excluding hydrogens is 344 g/mol. The van der Waals surface area contributed by atoms with E-state index in [0.29, 0.717) is 4.88 Å². The van der Waals surface area contributed by atoms with Gasteiger partial charge in [0.05, 0.1) is 4.88 Å². The molecule has 1 aromatic carbocycles. The maximum atomic E-state index is 12.5. The lowest BCUT2D eigenvalue weighted by atomic mass is 9.80. The fourth-order valence-corrected chi connectivity index (χ4v) is 3.64. The van der Waals surface area contributed by atoms with Crippen LogP contribution >= 0.6 is 23.6 Å². The number of carbonyl (C=O) groups excluding carboxylic acids is 3. The van der Waals surface area contributed by atoms with Crippen molar-refractivity contribution in [2.75, 3.05) is 0 Å². The SMILES string of the molecule is O=C(C[C@@H](c1ccccc1)C1C(=O)NC(=S)NC1=O)c1cccs1. The molecule has 1 aliphatic heterocycles. The molecule has 2 heterocycles. The van der Waals surface area contributed by atoms with Gasteiger partial charge in [-0.15, -0.1) is 11.3 Å². The lowest BCUT2D eigenvalue weighted by Gasteiger charge is -2.29. The van der Waals surface area contributed by atoms with Gasteiger partial charge in [0.15, 0.2) is 10.9 Å². The average molecular weight is 358 g/mol. The molecular formula is C17H14N2O3S2. The zero-order valence-corrected chi connectivity index (χ0v) is 14.2. The zero-order chi connectivity index (χ0) is 17.1. The van der Waals surface area contributed by atoms with E-state index in [0.717, 1.165) is 5.56 Å². The second-order valence-electron chi connectivity index (χ2n) is 5.41. The molecule has 0 spiro atoms. The van der Waals surface area contributed by atoms with E-state index in [1.165, 1.54) is 11.3 Å². The molecule has 0 saturated carbocycles. The molecule has 7 heteroatoms. The number of thiocarbonyl (C=S) groups is 1. The maximum absolute atomic E-state index is 12.5. The normalized spacial score (nSPS) is 16.4. The molecule has 1 aliphatic rings. The molecule has 1 atom stereocenters. The number of amides is 2. The number of benzene rings is 1. The van der Waals surface area contributed by atoms with Gasteiger partial charge in [-0.2, -0.15) is 0 Å². The summed E-state index contributed by atoms with van der Waals surface area (Å²) in [5.41, 5.74) is 0.769. The van der Waals surface area contributed by atoms with Crippen molar-refractivity contribution in [3.63, 3.8) is 0 Å². The van der Waals surface area contributed by atoms with Crippen molar-refractivity contribution in [1.29, 1.82) is 0 Å². The molecule has 2 N–H and O–H groups in total. The van der Waals surface area contributed by atoms with Crippen LogP contribution in [0.2, 0.25) is 0 Å². The Morgan fingerprint density at radius 2 is 1.75 bits per heavy atom. The highest BCUT2D eigenvalue weighted by Gasteiger charge is 2.40. The van der Waals surface area contributed by atoms with Crippen LogP contribution in [0.5, 0.6) is 0 Å². The Bertz CT molecular complexity index is 767. The van der Waals surface area contributed by atoms with Crippen LogP contribution in [0.15, 0.2) is 47.8 Å². The van der Waals surface area contributed by atoms with Gasteiger partial charge in [0.25, 0.3) is 0 Å². The van der Waals surface area contributed by atoms with Gasteiger partial charge in [-0.25, -0.2) is 0 Å². The first-order chi connectivity index (χ1) is 11.6. The van der Waals surface area contributed by atoms with Crippen LogP contribution in [0.4, 0.5) is 0 Å². The fourth-order valence-electron chi connectivity index (χ4n) is 2.76. The van der Waals surface area contributed by atoms with Crippen LogP contribution in [0.25, 0.3) is 0 Å². The first-order valence-corrected chi connectivity index (χ1v) is 8.62. The molecule has 5 nitrogen and oxygen atoms in total. The lowest BCUT2D eigenvalue weighted by molar-refractivity contribution is -0.136. The van der Waals surface area contributed by atoms with Crippen molar-refractivity contribution < 1.29 is 14.4 Å². The number of thiophene rings is 1. The summed E-state index contributed by atoms with van der Waals surface area (Å²) >= 11 is 6.19. The third kappa shape index (κ3) is 3.42. The molecule has 0 radical (unpaired) electrons. The van der Waals surface area contributed by atoms with Gasteiger partial charge < -0.3 is 10.6 Å². The Morgan fingerprint density at radius 3 is 2.33 bits per heavy atom. The molecule has 2 amide bonds. The molecule has 1 aromatic heterocycles. The standard InChI is InChI=1S/C17H14N2O3S2/c20-12(13-7-4-8-24-13)9-11(10-5-2-1-3-6-10)14-15(21)18-17(23)19-16(14)22/h1-8,11,14H,9H2,(H2,18,19,21,22,23)/t11-/m0/s1. The van der Waals surface area contributed by atoms with Gasteiger partial charge in [-0.3, -0.25) is 14.4 Å². The highest BCUT2D eigenvalue weighted by Crippen LogP contribution is 2.32. The minimum absolute atomic E-state index is 0.00218. The molecule has 2 aromatic rings. The predicted octanol–water partition coefficient (Wildman–Crippen LogP) is 2.25. The van der Waals surface area contributed by atoms with Gasteiger partial charge >= 0.3 is 0 Å². The molecule has 1 saturated heterocycles. The van der Waals surface area contributed by atoms with E-state index >= 15 is 0 Å². The minimum atomic E-state index is -0.997. The van der Waals surface area contributed by atoms with Gasteiger partial charge in [-0.05, 0) is 29.2 Å². The van der Waals surface area contributed by atoms with Crippen LogP contribution in [-0.4, -0.2) is 22.7 Å². The molecule has 0 unspecified atom stereocenters. The van der Waals surface area contributed by atoms with Crippen molar-refractivity contribution in [2.24, 2.45) is 5.92 Å². The van der Waals surface area contributed by atoms with Gasteiger partial charge in [0.2, 0.25) is 11.8 Å². The van der Waals surface area contributed by atoms with Crippen molar-refractivity contribution in [3.05, 3.63) is 58.3 Å². The van der Waals surface area contributed by atoms with Crippen LogP contribution < -0.4 is 10.6 Å². The smallest absolute Gasteiger partial charge is 0.239 e. The second kappa shape index (κ2) is 7.02. The Hall–Kier alpha value is -2.38. The van der Waals surface area contributed by atoms with Crippen molar-refractivity contribution >= 4 is 46.3 Å². The Balaban J connectivity index is 1.93. The molecule has 24 heavy (non-hydrogen) atoms. The molecule has 3 rings (SSSR count). The van der Waals surface area contributed by atoms with Gasteiger partial charge in [0, 0.05) is 12.3 Å². The van der Waals surface area contributed by atoms with Crippen LogP contribution in [-0.2, 0) is 9.59 Å². The quantitative estimate of drug-likeness (QED) is 0.488. The number of carbonyl (C=O) groups is 3. The molecule has 0 bridgehead atoms. The molecule has 0 aliphatic carbocycles. The average Bonchev–Trinajstić information content (AvgIpc) is 3.08. The third-order valence-electron chi connectivity index (χ3n) is 3.87. The largest absolute Gasteiger partial charge is 0.302 e. The summed E-state index contributed by atoms with van der Waals surface area (Å²) in [7, 11) is 0. The van der Waals surface area contributed by atoms with E-state index in [-0.39, 0.29) is 17.3 Å². The van der Waals surface area contributed by atoms with E-state index in [2.05, 4.69) is 10.6 Å². The lowest BCUT2D eigenvalue weighted by Crippen LogP contribution is -2.57. The summed E-state index contributed by atoms with van der Waals surface area (Å²) in [4.78, 5) is 37.8. The van der Waals surface area contributed by atoms with E-state index in [1.807, 2.05) is 35.7 Å². The number of Topliss-reactive ketones (excluding diaryl/α,β-unsaturated/α-hetero) is 1. The number of nitrogens with one attached hydrogen (secondary N) is 2. The summed E-state index contributed by atoms with van der Waals surface area (Å²) in [6.07, 6.45) is 0.0722. The van der Waals surface area contributed by atoms with Crippen LogP contribution in [0.1, 0.15) is 27.6 Å². The highest BCUT2D eigenvalue weighted by molar-refractivity contribution is 7.80. The molecule has 1 fully saturated rings. The first kappa shape index (κ1) is 16.5. The first-order valence-electron chi connectivity index (χ1n) is 7.33. The zero-order valence-electron chi connectivity index (χ0n) is 12.5. The molecule has 122 valence electrons. The number of rotatable bonds is 5. The van der Waals surface area contributed by atoms with E-state index < -0.39 is 23.7 Å². The minimum Gasteiger partial charge on any atom is -0.302 e. The number of hydrogen-bond acceptors (Lipinski definition) is 5. The number of hydrogen-bond donors (Lipinski definition) is 2. The van der Waals surface area contributed by atoms with Crippen LogP contribution in [0, 0.1) is 5.92 Å². The Kier molecular flexibility index (Phi) is 4.82.